The molecule has 0 spiro atoms. The fraction of sp³-hybridized carbons (Fsp3) is 1.00. The van der Waals surface area contributed by atoms with Crippen LogP contribution in [0.25, 0.3) is 0 Å². The van der Waals surface area contributed by atoms with Gasteiger partial charge in [0, 0.05) is 32.2 Å². The van der Waals surface area contributed by atoms with Crippen molar-refractivity contribution in [3.63, 3.8) is 0 Å². The minimum atomic E-state index is -0.673. The van der Waals surface area contributed by atoms with Crippen molar-refractivity contribution in [1.29, 1.82) is 0 Å². The van der Waals surface area contributed by atoms with Gasteiger partial charge in [-0.2, -0.15) is 0 Å². The van der Waals surface area contributed by atoms with Crippen molar-refractivity contribution in [1.82, 2.24) is 10.2 Å². The van der Waals surface area contributed by atoms with Crippen LogP contribution in [0.1, 0.15) is 40.0 Å². The molecule has 112 valence electrons. The standard InChI is InChI=1S/C15H30N2O2/c1-4-17-8-5-6-14(10-17)12(2)16-11-15(18)7-9-19-13(15)3/h12-14,16,18H,4-11H2,1-3H3. The topological polar surface area (TPSA) is 44.7 Å². The molecular formula is C15H30N2O2. The van der Waals surface area contributed by atoms with Gasteiger partial charge in [0.1, 0.15) is 5.60 Å². The zero-order valence-electron chi connectivity index (χ0n) is 12.7. The van der Waals surface area contributed by atoms with Crippen molar-refractivity contribution in [3.05, 3.63) is 0 Å². The molecule has 0 amide bonds. The van der Waals surface area contributed by atoms with Gasteiger partial charge in [0.15, 0.2) is 0 Å². The molecule has 0 bridgehead atoms. The molecule has 2 aliphatic rings. The van der Waals surface area contributed by atoms with Gasteiger partial charge >= 0.3 is 0 Å². The van der Waals surface area contributed by atoms with Crippen LogP contribution < -0.4 is 5.32 Å². The lowest BCUT2D eigenvalue weighted by Crippen LogP contribution is -2.51. The molecule has 0 aromatic heterocycles. The monoisotopic (exact) mass is 270 g/mol. The Bertz CT molecular complexity index is 287. The predicted molar refractivity (Wildman–Crippen MR) is 77.3 cm³/mol. The second kappa shape index (κ2) is 6.53. The Kier molecular flexibility index (Phi) is 5.23. The van der Waals surface area contributed by atoms with Crippen LogP contribution in [0.4, 0.5) is 0 Å². The van der Waals surface area contributed by atoms with E-state index in [0.29, 0.717) is 25.1 Å². The maximum Gasteiger partial charge on any atom is 0.105 e. The summed E-state index contributed by atoms with van der Waals surface area (Å²) in [6, 6.07) is 0.464. The van der Waals surface area contributed by atoms with Gasteiger partial charge in [-0.05, 0) is 45.7 Å². The van der Waals surface area contributed by atoms with E-state index in [-0.39, 0.29) is 6.10 Å². The van der Waals surface area contributed by atoms with Crippen molar-refractivity contribution in [2.75, 3.05) is 32.8 Å². The van der Waals surface area contributed by atoms with E-state index >= 15 is 0 Å². The number of nitrogens with one attached hydrogen (secondary N) is 1. The molecule has 2 heterocycles. The quantitative estimate of drug-likeness (QED) is 0.789. The molecular weight excluding hydrogens is 240 g/mol. The van der Waals surface area contributed by atoms with Crippen LogP contribution in [0.5, 0.6) is 0 Å². The number of hydrogen-bond donors (Lipinski definition) is 2. The minimum absolute atomic E-state index is 0.0503. The van der Waals surface area contributed by atoms with E-state index < -0.39 is 5.60 Å². The van der Waals surface area contributed by atoms with Gasteiger partial charge in [-0.1, -0.05) is 6.92 Å². The number of aliphatic hydroxyl groups is 1. The molecule has 19 heavy (non-hydrogen) atoms. The van der Waals surface area contributed by atoms with E-state index in [1.54, 1.807) is 0 Å². The van der Waals surface area contributed by atoms with Crippen molar-refractivity contribution >= 4 is 0 Å². The Morgan fingerprint density at radius 3 is 2.95 bits per heavy atom. The maximum atomic E-state index is 10.5. The molecule has 0 aromatic rings. The number of rotatable bonds is 5. The third-order valence-electron chi connectivity index (χ3n) is 5.09. The third-order valence-corrected chi connectivity index (χ3v) is 5.09. The van der Waals surface area contributed by atoms with E-state index in [0.717, 1.165) is 13.0 Å². The SMILES string of the molecule is CCN1CCCC(C(C)NCC2(O)CCOC2C)C1. The molecule has 2 rings (SSSR count). The molecule has 2 saturated heterocycles. The molecule has 4 unspecified atom stereocenters. The fourth-order valence-corrected chi connectivity index (χ4v) is 3.29. The summed E-state index contributed by atoms with van der Waals surface area (Å²) in [5.74, 6) is 0.704. The van der Waals surface area contributed by atoms with Crippen molar-refractivity contribution < 1.29 is 9.84 Å². The average molecular weight is 270 g/mol. The number of hydrogen-bond acceptors (Lipinski definition) is 4. The highest BCUT2D eigenvalue weighted by atomic mass is 16.5. The van der Waals surface area contributed by atoms with Gasteiger partial charge in [0.05, 0.1) is 6.10 Å². The molecule has 0 aliphatic carbocycles. The van der Waals surface area contributed by atoms with E-state index in [4.69, 9.17) is 4.74 Å². The predicted octanol–water partition coefficient (Wildman–Crippen LogP) is 1.24. The van der Waals surface area contributed by atoms with Crippen molar-refractivity contribution in [2.45, 2.75) is 57.8 Å². The Labute approximate surface area is 117 Å². The number of likely N-dealkylation sites (tertiary alicyclic amines) is 1. The van der Waals surface area contributed by atoms with Crippen LogP contribution in [0.3, 0.4) is 0 Å². The largest absolute Gasteiger partial charge is 0.386 e. The van der Waals surface area contributed by atoms with Crippen molar-refractivity contribution in [2.24, 2.45) is 5.92 Å². The fourth-order valence-electron chi connectivity index (χ4n) is 3.29. The average Bonchev–Trinajstić information content (AvgIpc) is 2.76. The molecule has 2 fully saturated rings. The van der Waals surface area contributed by atoms with Crippen LogP contribution in [-0.2, 0) is 4.74 Å². The zero-order valence-corrected chi connectivity index (χ0v) is 12.7. The molecule has 4 nitrogen and oxygen atoms in total. The minimum Gasteiger partial charge on any atom is -0.386 e. The normalized spacial score (nSPS) is 38.5. The Morgan fingerprint density at radius 2 is 2.32 bits per heavy atom. The third kappa shape index (κ3) is 3.69. The lowest BCUT2D eigenvalue weighted by molar-refractivity contribution is -0.0290. The van der Waals surface area contributed by atoms with Gasteiger partial charge in [-0.25, -0.2) is 0 Å². The summed E-state index contributed by atoms with van der Waals surface area (Å²) in [5, 5.41) is 14.1. The zero-order chi connectivity index (χ0) is 13.9. The first-order valence-electron chi connectivity index (χ1n) is 7.85. The summed E-state index contributed by atoms with van der Waals surface area (Å²) in [5.41, 5.74) is -0.673. The first kappa shape index (κ1) is 15.2. The highest BCUT2D eigenvalue weighted by molar-refractivity contribution is 4.93. The van der Waals surface area contributed by atoms with Crippen LogP contribution in [0, 0.1) is 5.92 Å². The number of ether oxygens (including phenoxy) is 1. The van der Waals surface area contributed by atoms with Gasteiger partial charge in [-0.3, -0.25) is 0 Å². The molecule has 4 atom stereocenters. The molecule has 0 aromatic carbocycles. The summed E-state index contributed by atoms with van der Waals surface area (Å²) >= 11 is 0. The number of nitrogens with zero attached hydrogens (tertiary/aromatic N) is 1. The second-order valence-electron chi connectivity index (χ2n) is 6.33. The molecule has 0 radical (unpaired) electrons. The first-order valence-corrected chi connectivity index (χ1v) is 7.85. The molecule has 2 aliphatic heterocycles. The lowest BCUT2D eigenvalue weighted by atomic mass is 9.90. The summed E-state index contributed by atoms with van der Waals surface area (Å²) in [6.07, 6.45) is 3.30. The van der Waals surface area contributed by atoms with E-state index in [9.17, 15) is 5.11 Å². The summed E-state index contributed by atoms with van der Waals surface area (Å²) < 4.78 is 5.48. The Balaban J connectivity index is 1.79. The lowest BCUT2D eigenvalue weighted by Gasteiger charge is -2.37. The van der Waals surface area contributed by atoms with Crippen LogP contribution in [0.15, 0.2) is 0 Å². The van der Waals surface area contributed by atoms with Crippen molar-refractivity contribution in [3.8, 4) is 0 Å². The number of piperidine rings is 1. The van der Waals surface area contributed by atoms with E-state index in [2.05, 4.69) is 24.1 Å². The smallest absolute Gasteiger partial charge is 0.105 e. The summed E-state index contributed by atoms with van der Waals surface area (Å²) in [6.45, 7) is 11.4. The second-order valence-corrected chi connectivity index (χ2v) is 6.33. The van der Waals surface area contributed by atoms with Gasteiger partial charge in [0.2, 0.25) is 0 Å². The Hall–Kier alpha value is -0.160. The van der Waals surface area contributed by atoms with Gasteiger partial charge < -0.3 is 20.1 Å². The summed E-state index contributed by atoms with van der Waals surface area (Å²) in [7, 11) is 0. The molecule has 2 N–H and O–H groups in total. The van der Waals surface area contributed by atoms with Crippen LogP contribution >= 0.6 is 0 Å². The van der Waals surface area contributed by atoms with E-state index in [1.165, 1.54) is 25.9 Å². The summed E-state index contributed by atoms with van der Waals surface area (Å²) in [4.78, 5) is 2.53. The van der Waals surface area contributed by atoms with Gasteiger partial charge in [-0.15, -0.1) is 0 Å². The first-order chi connectivity index (χ1) is 9.05. The molecule has 0 saturated carbocycles. The maximum absolute atomic E-state index is 10.5. The van der Waals surface area contributed by atoms with Gasteiger partial charge in [0.25, 0.3) is 0 Å². The molecule has 4 heteroatoms. The Morgan fingerprint density at radius 1 is 1.53 bits per heavy atom. The highest BCUT2D eigenvalue weighted by Gasteiger charge is 2.39. The van der Waals surface area contributed by atoms with E-state index in [1.807, 2.05) is 6.92 Å². The van der Waals surface area contributed by atoms with Crippen LogP contribution in [0.2, 0.25) is 0 Å². The van der Waals surface area contributed by atoms with Crippen LogP contribution in [-0.4, -0.2) is 60.5 Å². The highest BCUT2D eigenvalue weighted by Crippen LogP contribution is 2.26.